The van der Waals surface area contributed by atoms with Crippen LogP contribution >= 0.6 is 0 Å². The van der Waals surface area contributed by atoms with Crippen molar-refractivity contribution in [1.82, 2.24) is 9.24 Å². The Morgan fingerprint density at radius 1 is 0.969 bits per heavy atom. The largest absolute Gasteiger partial charge is 0.496 e. The number of aromatic nitrogens is 2. The number of furan rings is 1. The zero-order valence-corrected chi connectivity index (χ0v) is 18.6. The summed E-state index contributed by atoms with van der Waals surface area (Å²) < 4.78 is 15.3. The standard InChI is InChI=1S/C26H25N3O3/c1-16-11-12-17(2)29(16)27-26(30)24-18(3)28(15-19-8-7-13-32-19)25-21-10-6-5-9-20(21)23(31-4)14-22(24)25/h5-14H,15H2,1-4H3,(H,27,30). The van der Waals surface area contributed by atoms with E-state index < -0.39 is 0 Å². The fraction of sp³-hybridized carbons (Fsp3) is 0.192. The van der Waals surface area contributed by atoms with Crippen LogP contribution in [0.3, 0.4) is 0 Å². The number of carbonyl (C=O) groups is 1. The number of methoxy groups -OCH3 is 1. The molecule has 0 spiro atoms. The third-order valence-corrected chi connectivity index (χ3v) is 6.11. The van der Waals surface area contributed by atoms with E-state index in [0.717, 1.165) is 50.3 Å². The van der Waals surface area contributed by atoms with Crippen LogP contribution in [0.5, 0.6) is 5.75 Å². The van der Waals surface area contributed by atoms with Gasteiger partial charge in [-0.2, -0.15) is 0 Å². The number of ether oxygens (including phenoxy) is 1. The first-order valence-corrected chi connectivity index (χ1v) is 10.6. The predicted octanol–water partition coefficient (Wildman–Crippen LogP) is 5.56. The van der Waals surface area contributed by atoms with Gasteiger partial charge >= 0.3 is 0 Å². The Labute approximate surface area is 186 Å². The van der Waals surface area contributed by atoms with Crippen molar-refractivity contribution in [3.05, 3.63) is 89.3 Å². The summed E-state index contributed by atoms with van der Waals surface area (Å²) >= 11 is 0. The lowest BCUT2D eigenvalue weighted by Gasteiger charge is -2.12. The molecule has 0 aliphatic carbocycles. The number of fused-ring (bicyclic) bond motifs is 3. The maximum absolute atomic E-state index is 13.6. The van der Waals surface area contributed by atoms with E-state index in [1.807, 2.05) is 74.0 Å². The average molecular weight is 428 g/mol. The Morgan fingerprint density at radius 3 is 2.34 bits per heavy atom. The highest BCUT2D eigenvalue weighted by molar-refractivity contribution is 6.19. The van der Waals surface area contributed by atoms with E-state index >= 15 is 0 Å². The summed E-state index contributed by atoms with van der Waals surface area (Å²) in [6.07, 6.45) is 1.67. The van der Waals surface area contributed by atoms with Gasteiger partial charge in [-0.25, -0.2) is 0 Å². The number of aryl methyl sites for hydroxylation is 2. The van der Waals surface area contributed by atoms with E-state index in [1.54, 1.807) is 13.4 Å². The Bertz CT molecular complexity index is 1440. The average Bonchev–Trinajstić information content (AvgIpc) is 3.49. The van der Waals surface area contributed by atoms with Gasteiger partial charge in [0.25, 0.3) is 5.91 Å². The van der Waals surface area contributed by atoms with E-state index in [2.05, 4.69) is 16.1 Å². The molecule has 162 valence electrons. The second-order valence-electron chi connectivity index (χ2n) is 8.04. The van der Waals surface area contributed by atoms with Gasteiger partial charge in [-0.3, -0.25) is 14.9 Å². The van der Waals surface area contributed by atoms with Crippen LogP contribution in [0.4, 0.5) is 0 Å². The molecular weight excluding hydrogens is 402 g/mol. The molecule has 0 saturated carbocycles. The molecule has 3 aromatic heterocycles. The fourth-order valence-electron chi connectivity index (χ4n) is 4.52. The Morgan fingerprint density at radius 2 is 1.69 bits per heavy atom. The van der Waals surface area contributed by atoms with Gasteiger partial charge in [0, 0.05) is 33.2 Å². The van der Waals surface area contributed by atoms with Crippen LogP contribution in [0.1, 0.15) is 33.2 Å². The zero-order chi connectivity index (χ0) is 22.4. The van der Waals surface area contributed by atoms with Crippen molar-refractivity contribution in [3.8, 4) is 5.75 Å². The van der Waals surface area contributed by atoms with Crippen LogP contribution in [0.25, 0.3) is 21.7 Å². The van der Waals surface area contributed by atoms with E-state index in [4.69, 9.17) is 9.15 Å². The monoisotopic (exact) mass is 427 g/mol. The number of rotatable bonds is 5. The summed E-state index contributed by atoms with van der Waals surface area (Å²) in [4.78, 5) is 13.6. The van der Waals surface area contributed by atoms with Gasteiger partial charge in [0.1, 0.15) is 11.5 Å². The summed E-state index contributed by atoms with van der Waals surface area (Å²) in [5.74, 6) is 1.41. The normalized spacial score (nSPS) is 11.4. The topological polar surface area (TPSA) is 61.3 Å². The molecule has 0 aliphatic heterocycles. The molecule has 0 bridgehead atoms. The van der Waals surface area contributed by atoms with E-state index in [9.17, 15) is 4.79 Å². The second-order valence-corrected chi connectivity index (χ2v) is 8.04. The second kappa shape index (κ2) is 7.64. The third-order valence-electron chi connectivity index (χ3n) is 6.11. The van der Waals surface area contributed by atoms with E-state index in [0.29, 0.717) is 12.1 Å². The van der Waals surface area contributed by atoms with E-state index in [1.165, 1.54) is 0 Å². The first-order chi connectivity index (χ1) is 15.5. The van der Waals surface area contributed by atoms with Crippen LogP contribution in [-0.4, -0.2) is 22.3 Å². The number of carbonyl (C=O) groups excluding carboxylic acids is 1. The molecule has 32 heavy (non-hydrogen) atoms. The third kappa shape index (κ3) is 3.07. The highest BCUT2D eigenvalue weighted by Crippen LogP contribution is 2.38. The Kier molecular flexibility index (Phi) is 4.78. The van der Waals surface area contributed by atoms with Crippen LogP contribution in [0.15, 0.2) is 65.3 Å². The number of nitrogens with one attached hydrogen (secondary N) is 1. The molecule has 5 aromatic rings. The van der Waals surface area contributed by atoms with Crippen LogP contribution in [-0.2, 0) is 6.54 Å². The molecule has 5 rings (SSSR count). The summed E-state index contributed by atoms with van der Waals surface area (Å²) in [7, 11) is 1.66. The van der Waals surface area contributed by atoms with Crippen molar-refractivity contribution >= 4 is 27.6 Å². The number of amides is 1. The van der Waals surface area contributed by atoms with Crippen molar-refractivity contribution < 1.29 is 13.9 Å². The minimum atomic E-state index is -0.162. The van der Waals surface area contributed by atoms with Crippen molar-refractivity contribution in [1.29, 1.82) is 0 Å². The SMILES string of the molecule is COc1cc2c(C(=O)Nn3c(C)ccc3C)c(C)n(Cc3ccco3)c2c2ccccc12. The fourth-order valence-corrected chi connectivity index (χ4v) is 4.52. The van der Waals surface area contributed by atoms with Gasteiger partial charge < -0.3 is 13.7 Å². The number of nitrogens with zero attached hydrogens (tertiary/aromatic N) is 2. The maximum atomic E-state index is 13.6. The highest BCUT2D eigenvalue weighted by atomic mass is 16.5. The quantitative estimate of drug-likeness (QED) is 0.400. The number of hydrogen-bond donors (Lipinski definition) is 1. The van der Waals surface area contributed by atoms with Gasteiger partial charge in [0.2, 0.25) is 0 Å². The smallest absolute Gasteiger partial charge is 0.272 e. The van der Waals surface area contributed by atoms with Crippen LogP contribution < -0.4 is 10.2 Å². The van der Waals surface area contributed by atoms with Gasteiger partial charge in [-0.15, -0.1) is 0 Å². The molecule has 2 aromatic carbocycles. The number of hydrogen-bond acceptors (Lipinski definition) is 3. The van der Waals surface area contributed by atoms with Crippen molar-refractivity contribution in [2.45, 2.75) is 27.3 Å². The zero-order valence-electron chi connectivity index (χ0n) is 18.6. The lowest BCUT2D eigenvalue weighted by Crippen LogP contribution is -2.25. The molecule has 0 unspecified atom stereocenters. The van der Waals surface area contributed by atoms with Crippen molar-refractivity contribution in [2.24, 2.45) is 0 Å². The van der Waals surface area contributed by atoms with Gasteiger partial charge in [-0.05, 0) is 51.1 Å². The summed E-state index contributed by atoms with van der Waals surface area (Å²) in [6, 6.07) is 17.9. The molecule has 0 fully saturated rings. The highest BCUT2D eigenvalue weighted by Gasteiger charge is 2.24. The first kappa shape index (κ1) is 20.0. The lowest BCUT2D eigenvalue weighted by atomic mass is 10.0. The minimum absolute atomic E-state index is 0.162. The van der Waals surface area contributed by atoms with Crippen molar-refractivity contribution in [3.63, 3.8) is 0 Å². The molecular formula is C26H25N3O3. The molecule has 0 radical (unpaired) electrons. The molecule has 3 heterocycles. The Hall–Kier alpha value is -3.93. The Balaban J connectivity index is 1.78. The van der Waals surface area contributed by atoms with Crippen LogP contribution in [0, 0.1) is 20.8 Å². The lowest BCUT2D eigenvalue weighted by molar-refractivity contribution is 0.101. The van der Waals surface area contributed by atoms with Gasteiger partial charge in [-0.1, -0.05) is 24.3 Å². The molecule has 1 N–H and O–H groups in total. The van der Waals surface area contributed by atoms with Crippen LogP contribution in [0.2, 0.25) is 0 Å². The molecule has 0 saturated heterocycles. The molecule has 6 heteroatoms. The summed E-state index contributed by atoms with van der Waals surface area (Å²) in [5, 5.41) is 2.89. The predicted molar refractivity (Wildman–Crippen MR) is 126 cm³/mol. The van der Waals surface area contributed by atoms with Gasteiger partial charge in [0.05, 0.1) is 31.0 Å². The first-order valence-electron chi connectivity index (χ1n) is 10.6. The molecule has 6 nitrogen and oxygen atoms in total. The molecule has 0 aliphatic rings. The molecule has 0 atom stereocenters. The minimum Gasteiger partial charge on any atom is -0.496 e. The van der Waals surface area contributed by atoms with Gasteiger partial charge in [0.15, 0.2) is 0 Å². The number of benzene rings is 2. The molecule has 1 amide bonds. The van der Waals surface area contributed by atoms with E-state index in [-0.39, 0.29) is 5.91 Å². The summed E-state index contributed by atoms with van der Waals surface area (Å²) in [6.45, 7) is 6.45. The summed E-state index contributed by atoms with van der Waals surface area (Å²) in [5.41, 5.74) is 7.49. The van der Waals surface area contributed by atoms with Crippen molar-refractivity contribution in [2.75, 3.05) is 12.5 Å². The maximum Gasteiger partial charge on any atom is 0.272 e.